The Morgan fingerprint density at radius 2 is 2.21 bits per heavy atom. The molecule has 0 spiro atoms. The Morgan fingerprint density at radius 3 is 2.74 bits per heavy atom. The molecule has 0 aliphatic heterocycles. The third-order valence-electron chi connectivity index (χ3n) is 2.47. The molecule has 104 valence electrons. The summed E-state index contributed by atoms with van der Waals surface area (Å²) < 4.78 is 0.536. The van der Waals surface area contributed by atoms with E-state index in [1.807, 2.05) is 29.5 Å². The molecule has 1 rings (SSSR count). The number of nitrogens with one attached hydrogen (secondary N) is 2. The van der Waals surface area contributed by atoms with Crippen LogP contribution in [0.25, 0.3) is 0 Å². The summed E-state index contributed by atoms with van der Waals surface area (Å²) in [5, 5.41) is 16.5. The Hall–Kier alpha value is -1.38. The minimum absolute atomic E-state index is 0.0641. The SMILES string of the molecule is CCCNC(=O)C(C)Nc1ccc([N+](=O)[O-])c(I)c1. The summed E-state index contributed by atoms with van der Waals surface area (Å²) in [6.07, 6.45) is 0.883. The zero-order valence-electron chi connectivity index (χ0n) is 10.8. The highest BCUT2D eigenvalue weighted by Crippen LogP contribution is 2.24. The van der Waals surface area contributed by atoms with Gasteiger partial charge in [0.15, 0.2) is 0 Å². The number of anilines is 1. The zero-order valence-corrected chi connectivity index (χ0v) is 12.9. The van der Waals surface area contributed by atoms with Crippen LogP contribution in [0.3, 0.4) is 0 Å². The maximum Gasteiger partial charge on any atom is 0.282 e. The molecule has 1 unspecified atom stereocenters. The fourth-order valence-electron chi connectivity index (χ4n) is 1.46. The smallest absolute Gasteiger partial charge is 0.282 e. The van der Waals surface area contributed by atoms with E-state index in [0.717, 1.165) is 6.42 Å². The molecular weight excluding hydrogens is 361 g/mol. The van der Waals surface area contributed by atoms with Gasteiger partial charge < -0.3 is 10.6 Å². The van der Waals surface area contributed by atoms with Crippen LogP contribution >= 0.6 is 22.6 Å². The number of amides is 1. The maximum atomic E-state index is 11.7. The molecule has 1 amide bonds. The number of benzene rings is 1. The Morgan fingerprint density at radius 1 is 1.53 bits per heavy atom. The lowest BCUT2D eigenvalue weighted by Crippen LogP contribution is -2.37. The largest absolute Gasteiger partial charge is 0.374 e. The summed E-state index contributed by atoms with van der Waals surface area (Å²) in [4.78, 5) is 22.0. The lowest BCUT2D eigenvalue weighted by atomic mass is 10.2. The minimum Gasteiger partial charge on any atom is -0.374 e. The number of carbonyl (C=O) groups excluding carboxylic acids is 1. The molecule has 19 heavy (non-hydrogen) atoms. The predicted octanol–water partition coefficient (Wildman–Crippen LogP) is 2.53. The van der Waals surface area contributed by atoms with E-state index in [-0.39, 0.29) is 17.6 Å². The molecular formula is C12H16IN3O3. The molecule has 1 atom stereocenters. The highest BCUT2D eigenvalue weighted by Gasteiger charge is 2.15. The van der Waals surface area contributed by atoms with Crippen LogP contribution in [-0.4, -0.2) is 23.4 Å². The molecule has 0 aliphatic rings. The van der Waals surface area contributed by atoms with Gasteiger partial charge in [0.25, 0.3) is 5.69 Å². The summed E-state index contributed by atoms with van der Waals surface area (Å²) in [6, 6.07) is 4.30. The number of halogens is 1. The Labute approximate surface area is 125 Å². The second-order valence-corrected chi connectivity index (χ2v) is 5.24. The minimum atomic E-state index is -0.428. The van der Waals surface area contributed by atoms with E-state index >= 15 is 0 Å². The van der Waals surface area contributed by atoms with Crippen molar-refractivity contribution in [3.05, 3.63) is 31.9 Å². The first kappa shape index (κ1) is 15.7. The number of rotatable bonds is 6. The molecule has 0 radical (unpaired) electrons. The molecule has 1 aromatic carbocycles. The number of hydrogen-bond acceptors (Lipinski definition) is 4. The van der Waals surface area contributed by atoms with E-state index in [4.69, 9.17) is 0 Å². The van der Waals surface area contributed by atoms with Gasteiger partial charge in [-0.3, -0.25) is 14.9 Å². The van der Waals surface area contributed by atoms with Crippen molar-refractivity contribution in [2.45, 2.75) is 26.3 Å². The fraction of sp³-hybridized carbons (Fsp3) is 0.417. The van der Waals surface area contributed by atoms with Crippen molar-refractivity contribution >= 4 is 39.9 Å². The first-order valence-electron chi connectivity index (χ1n) is 5.94. The van der Waals surface area contributed by atoms with E-state index in [9.17, 15) is 14.9 Å². The molecule has 1 aromatic rings. The average Bonchev–Trinajstić information content (AvgIpc) is 2.35. The average molecular weight is 377 g/mol. The summed E-state index contributed by atoms with van der Waals surface area (Å²) in [7, 11) is 0. The van der Waals surface area contributed by atoms with Crippen LogP contribution in [0, 0.1) is 13.7 Å². The quantitative estimate of drug-likeness (QED) is 0.453. The van der Waals surface area contributed by atoms with E-state index in [1.165, 1.54) is 6.07 Å². The van der Waals surface area contributed by atoms with Crippen LogP contribution in [-0.2, 0) is 4.79 Å². The van der Waals surface area contributed by atoms with E-state index in [2.05, 4.69) is 10.6 Å². The molecule has 2 N–H and O–H groups in total. The lowest BCUT2D eigenvalue weighted by molar-refractivity contribution is -0.385. The molecule has 7 heteroatoms. The van der Waals surface area contributed by atoms with Gasteiger partial charge in [-0.1, -0.05) is 6.92 Å². The number of hydrogen-bond donors (Lipinski definition) is 2. The second-order valence-electron chi connectivity index (χ2n) is 4.08. The highest BCUT2D eigenvalue weighted by molar-refractivity contribution is 14.1. The number of nitro groups is 1. The third kappa shape index (κ3) is 4.66. The standard InChI is InChI=1S/C12H16IN3O3/c1-3-6-14-12(17)8(2)15-9-4-5-11(16(18)19)10(13)7-9/h4-5,7-8,15H,3,6H2,1-2H3,(H,14,17). The van der Waals surface area contributed by atoms with E-state index < -0.39 is 4.92 Å². The molecule has 0 bridgehead atoms. The van der Waals surface area contributed by atoms with Crippen molar-refractivity contribution in [2.75, 3.05) is 11.9 Å². The van der Waals surface area contributed by atoms with Crippen molar-refractivity contribution < 1.29 is 9.72 Å². The van der Waals surface area contributed by atoms with Gasteiger partial charge >= 0.3 is 0 Å². The van der Waals surface area contributed by atoms with Crippen molar-refractivity contribution in [3.8, 4) is 0 Å². The summed E-state index contributed by atoms with van der Waals surface area (Å²) in [6.45, 7) is 4.37. The first-order valence-corrected chi connectivity index (χ1v) is 7.01. The fourth-order valence-corrected chi connectivity index (χ4v) is 2.17. The Balaban J connectivity index is 2.69. The Kier molecular flexibility index (Phi) is 6.00. The van der Waals surface area contributed by atoms with Crippen molar-refractivity contribution in [1.82, 2.24) is 5.32 Å². The predicted molar refractivity (Wildman–Crippen MR) is 82.2 cm³/mol. The van der Waals surface area contributed by atoms with E-state index in [1.54, 1.807) is 19.1 Å². The zero-order chi connectivity index (χ0) is 14.4. The van der Waals surface area contributed by atoms with Crippen LogP contribution in [0.15, 0.2) is 18.2 Å². The molecule has 0 heterocycles. The molecule has 0 saturated heterocycles. The van der Waals surface area contributed by atoms with Gasteiger partial charge in [-0.25, -0.2) is 0 Å². The molecule has 0 fully saturated rings. The second kappa shape index (κ2) is 7.27. The Bertz CT molecular complexity index is 479. The van der Waals surface area contributed by atoms with Gasteiger partial charge in [-0.2, -0.15) is 0 Å². The lowest BCUT2D eigenvalue weighted by Gasteiger charge is -2.15. The highest BCUT2D eigenvalue weighted by atomic mass is 127. The van der Waals surface area contributed by atoms with Crippen LogP contribution in [0.2, 0.25) is 0 Å². The first-order chi connectivity index (χ1) is 8.95. The van der Waals surface area contributed by atoms with Crippen LogP contribution in [0.4, 0.5) is 11.4 Å². The monoisotopic (exact) mass is 377 g/mol. The number of carbonyl (C=O) groups is 1. The van der Waals surface area contributed by atoms with Gasteiger partial charge in [0.2, 0.25) is 5.91 Å². The van der Waals surface area contributed by atoms with Crippen LogP contribution in [0.1, 0.15) is 20.3 Å². The van der Waals surface area contributed by atoms with Crippen LogP contribution < -0.4 is 10.6 Å². The van der Waals surface area contributed by atoms with Crippen LogP contribution in [0.5, 0.6) is 0 Å². The van der Waals surface area contributed by atoms with Gasteiger partial charge in [-0.05, 0) is 48.1 Å². The van der Waals surface area contributed by atoms with Gasteiger partial charge in [-0.15, -0.1) is 0 Å². The number of nitrogens with zero attached hydrogens (tertiary/aromatic N) is 1. The van der Waals surface area contributed by atoms with Gasteiger partial charge in [0, 0.05) is 18.3 Å². The summed E-state index contributed by atoms with van der Waals surface area (Å²) in [5.41, 5.74) is 0.753. The molecule has 0 aliphatic carbocycles. The van der Waals surface area contributed by atoms with E-state index in [0.29, 0.717) is 15.8 Å². The summed E-state index contributed by atoms with van der Waals surface area (Å²) in [5.74, 6) is -0.0878. The number of nitro benzene ring substituents is 1. The molecule has 0 saturated carbocycles. The topological polar surface area (TPSA) is 84.3 Å². The van der Waals surface area contributed by atoms with Gasteiger partial charge in [0.1, 0.15) is 6.04 Å². The third-order valence-corrected chi connectivity index (χ3v) is 3.33. The van der Waals surface area contributed by atoms with Gasteiger partial charge in [0.05, 0.1) is 8.49 Å². The van der Waals surface area contributed by atoms with Crippen molar-refractivity contribution in [3.63, 3.8) is 0 Å². The summed E-state index contributed by atoms with van der Waals surface area (Å²) >= 11 is 1.91. The van der Waals surface area contributed by atoms with Crippen molar-refractivity contribution in [2.24, 2.45) is 0 Å². The molecule has 6 nitrogen and oxygen atoms in total. The normalized spacial score (nSPS) is 11.7. The molecule has 0 aromatic heterocycles. The maximum absolute atomic E-state index is 11.7. The van der Waals surface area contributed by atoms with Crippen molar-refractivity contribution in [1.29, 1.82) is 0 Å².